The summed E-state index contributed by atoms with van der Waals surface area (Å²) in [6.07, 6.45) is 2.32. The van der Waals surface area contributed by atoms with Gasteiger partial charge in [-0.05, 0) is 41.9 Å². The van der Waals surface area contributed by atoms with Gasteiger partial charge in [-0.2, -0.15) is 0 Å². The number of ether oxygens (including phenoxy) is 1. The summed E-state index contributed by atoms with van der Waals surface area (Å²) in [6, 6.07) is 6.97. The van der Waals surface area contributed by atoms with Crippen LogP contribution in [0.25, 0.3) is 5.57 Å². The normalized spacial score (nSPS) is 22.4. The van der Waals surface area contributed by atoms with Gasteiger partial charge in [-0.3, -0.25) is 4.90 Å². The van der Waals surface area contributed by atoms with Crippen LogP contribution >= 0.6 is 15.9 Å². The van der Waals surface area contributed by atoms with Crippen molar-refractivity contribution >= 4 is 21.5 Å². The number of fused-ring (bicyclic) bond motifs is 1. The summed E-state index contributed by atoms with van der Waals surface area (Å²) in [5.41, 5.74) is 6.00. The third kappa shape index (κ3) is 3.32. The van der Waals surface area contributed by atoms with Crippen molar-refractivity contribution in [2.45, 2.75) is 39.0 Å². The van der Waals surface area contributed by atoms with Crippen LogP contribution in [-0.4, -0.2) is 37.7 Å². The lowest BCUT2D eigenvalue weighted by atomic mass is 9.78. The first-order valence-electron chi connectivity index (χ1n) is 8.26. The van der Waals surface area contributed by atoms with Crippen LogP contribution in [0.5, 0.6) is 0 Å². The standard InChI is InChI=1S/C19H26BrNO/c1-14-4-5-15-16(13-21-8-10-22-11-9-21)18(20)6-7-19(2,3)17(15)12-14/h4-5,12H,6-11,13H2,1-3H3. The lowest BCUT2D eigenvalue weighted by Crippen LogP contribution is -2.37. The lowest BCUT2D eigenvalue weighted by Gasteiger charge is -2.30. The zero-order valence-corrected chi connectivity index (χ0v) is 15.5. The SMILES string of the molecule is Cc1ccc2c(c1)C(C)(C)CCC(Br)=C2CN1CCOCC1. The molecule has 120 valence electrons. The van der Waals surface area contributed by atoms with Crippen molar-refractivity contribution in [1.29, 1.82) is 0 Å². The fourth-order valence-electron chi connectivity index (χ4n) is 3.49. The molecular weight excluding hydrogens is 338 g/mol. The Bertz CT molecular complexity index is 585. The molecule has 3 rings (SSSR count). The Labute approximate surface area is 142 Å². The molecule has 2 nitrogen and oxygen atoms in total. The molecule has 1 saturated heterocycles. The first kappa shape index (κ1) is 16.2. The molecule has 0 spiro atoms. The average Bonchev–Trinajstić information content (AvgIpc) is 2.59. The predicted molar refractivity (Wildman–Crippen MR) is 96.5 cm³/mol. The highest BCUT2D eigenvalue weighted by molar-refractivity contribution is 9.11. The van der Waals surface area contributed by atoms with Gasteiger partial charge in [0.15, 0.2) is 0 Å². The number of rotatable bonds is 2. The van der Waals surface area contributed by atoms with Crippen molar-refractivity contribution < 1.29 is 4.74 Å². The van der Waals surface area contributed by atoms with Crippen molar-refractivity contribution in [3.8, 4) is 0 Å². The molecular formula is C19H26BrNO. The third-order valence-corrected chi connectivity index (χ3v) is 5.89. The lowest BCUT2D eigenvalue weighted by molar-refractivity contribution is 0.0444. The summed E-state index contributed by atoms with van der Waals surface area (Å²) < 4.78 is 6.87. The number of hydrogen-bond donors (Lipinski definition) is 0. The fourth-order valence-corrected chi connectivity index (χ4v) is 4.03. The van der Waals surface area contributed by atoms with Crippen LogP contribution in [0, 0.1) is 6.92 Å². The van der Waals surface area contributed by atoms with E-state index in [-0.39, 0.29) is 5.41 Å². The monoisotopic (exact) mass is 363 g/mol. The number of halogens is 1. The van der Waals surface area contributed by atoms with Crippen molar-refractivity contribution in [3.63, 3.8) is 0 Å². The maximum Gasteiger partial charge on any atom is 0.0594 e. The van der Waals surface area contributed by atoms with E-state index in [2.05, 4.69) is 59.8 Å². The van der Waals surface area contributed by atoms with Gasteiger partial charge in [0.1, 0.15) is 0 Å². The molecule has 22 heavy (non-hydrogen) atoms. The zero-order chi connectivity index (χ0) is 15.7. The molecule has 0 atom stereocenters. The van der Waals surface area contributed by atoms with Gasteiger partial charge in [-0.15, -0.1) is 0 Å². The molecule has 0 amide bonds. The van der Waals surface area contributed by atoms with Crippen LogP contribution in [0.4, 0.5) is 0 Å². The van der Waals surface area contributed by atoms with Crippen molar-refractivity contribution in [2.24, 2.45) is 0 Å². The van der Waals surface area contributed by atoms with Gasteiger partial charge in [0.2, 0.25) is 0 Å². The summed E-state index contributed by atoms with van der Waals surface area (Å²) in [5, 5.41) is 0. The van der Waals surface area contributed by atoms with E-state index in [1.165, 1.54) is 33.2 Å². The Morgan fingerprint density at radius 1 is 1.23 bits per heavy atom. The van der Waals surface area contributed by atoms with E-state index in [1.54, 1.807) is 0 Å². The molecule has 0 radical (unpaired) electrons. The molecule has 0 aromatic heterocycles. The van der Waals surface area contributed by atoms with E-state index in [4.69, 9.17) is 4.74 Å². The molecule has 0 N–H and O–H groups in total. The molecule has 0 bridgehead atoms. The minimum absolute atomic E-state index is 0.229. The molecule has 1 fully saturated rings. The molecule has 1 aromatic carbocycles. The predicted octanol–water partition coefficient (Wildman–Crippen LogP) is 4.50. The van der Waals surface area contributed by atoms with Gasteiger partial charge in [0, 0.05) is 24.1 Å². The van der Waals surface area contributed by atoms with Crippen LogP contribution in [0.3, 0.4) is 0 Å². The zero-order valence-electron chi connectivity index (χ0n) is 13.9. The Kier molecular flexibility index (Phi) is 4.77. The fraction of sp³-hybridized carbons (Fsp3) is 0.579. The number of aryl methyl sites for hydroxylation is 1. The Balaban J connectivity index is 1.99. The molecule has 0 unspecified atom stereocenters. The molecule has 1 aromatic rings. The second-order valence-corrected chi connectivity index (χ2v) is 8.16. The number of hydrogen-bond acceptors (Lipinski definition) is 2. The molecule has 2 aliphatic rings. The van der Waals surface area contributed by atoms with Gasteiger partial charge in [-0.25, -0.2) is 0 Å². The molecule has 3 heteroatoms. The van der Waals surface area contributed by atoms with Gasteiger partial charge >= 0.3 is 0 Å². The van der Waals surface area contributed by atoms with Crippen LogP contribution in [-0.2, 0) is 10.2 Å². The minimum Gasteiger partial charge on any atom is -0.379 e. The Morgan fingerprint density at radius 2 is 1.95 bits per heavy atom. The quantitative estimate of drug-likeness (QED) is 0.766. The van der Waals surface area contributed by atoms with E-state index in [1.807, 2.05) is 0 Å². The van der Waals surface area contributed by atoms with E-state index >= 15 is 0 Å². The van der Waals surface area contributed by atoms with Crippen LogP contribution < -0.4 is 0 Å². The number of allylic oxidation sites excluding steroid dienone is 1. The first-order valence-corrected chi connectivity index (χ1v) is 9.06. The second kappa shape index (κ2) is 6.46. The smallest absolute Gasteiger partial charge is 0.0594 e. The second-order valence-electron chi connectivity index (χ2n) is 7.20. The van der Waals surface area contributed by atoms with E-state index in [0.717, 1.165) is 39.3 Å². The molecule has 0 saturated carbocycles. The maximum atomic E-state index is 5.49. The number of morpholine rings is 1. The minimum atomic E-state index is 0.229. The number of nitrogens with zero attached hydrogens (tertiary/aromatic N) is 1. The Morgan fingerprint density at radius 3 is 2.68 bits per heavy atom. The first-order chi connectivity index (χ1) is 10.5. The highest BCUT2D eigenvalue weighted by Gasteiger charge is 2.29. The summed E-state index contributed by atoms with van der Waals surface area (Å²) in [7, 11) is 0. The van der Waals surface area contributed by atoms with Crippen LogP contribution in [0.2, 0.25) is 0 Å². The van der Waals surface area contributed by atoms with E-state index in [9.17, 15) is 0 Å². The van der Waals surface area contributed by atoms with Gasteiger partial charge in [0.05, 0.1) is 13.2 Å². The summed E-state index contributed by atoms with van der Waals surface area (Å²) >= 11 is 3.89. The van der Waals surface area contributed by atoms with Gasteiger partial charge < -0.3 is 4.74 Å². The molecule has 1 aliphatic carbocycles. The highest BCUT2D eigenvalue weighted by Crippen LogP contribution is 2.42. The van der Waals surface area contributed by atoms with E-state index < -0.39 is 0 Å². The average molecular weight is 364 g/mol. The van der Waals surface area contributed by atoms with Crippen LogP contribution in [0.1, 0.15) is 43.4 Å². The van der Waals surface area contributed by atoms with E-state index in [0.29, 0.717) is 0 Å². The number of benzene rings is 1. The van der Waals surface area contributed by atoms with Gasteiger partial charge in [-0.1, -0.05) is 53.5 Å². The summed E-state index contributed by atoms with van der Waals surface area (Å²) in [4.78, 5) is 2.52. The molecule has 1 aliphatic heterocycles. The highest BCUT2D eigenvalue weighted by atomic mass is 79.9. The summed E-state index contributed by atoms with van der Waals surface area (Å²) in [5.74, 6) is 0. The maximum absolute atomic E-state index is 5.49. The van der Waals surface area contributed by atoms with Crippen LogP contribution in [0.15, 0.2) is 22.7 Å². The Hall–Kier alpha value is -0.640. The van der Waals surface area contributed by atoms with Crippen molar-refractivity contribution in [2.75, 3.05) is 32.8 Å². The molecule has 1 heterocycles. The van der Waals surface area contributed by atoms with Gasteiger partial charge in [0.25, 0.3) is 0 Å². The third-order valence-electron chi connectivity index (χ3n) is 5.01. The summed E-state index contributed by atoms with van der Waals surface area (Å²) in [6.45, 7) is 11.8. The topological polar surface area (TPSA) is 12.5 Å². The van der Waals surface area contributed by atoms with Crippen molar-refractivity contribution in [3.05, 3.63) is 39.4 Å². The largest absolute Gasteiger partial charge is 0.379 e. The van der Waals surface area contributed by atoms with Crippen molar-refractivity contribution in [1.82, 2.24) is 4.90 Å².